The van der Waals surface area contributed by atoms with Gasteiger partial charge in [0.05, 0.1) is 16.0 Å². The molecule has 1 aromatic carbocycles. The predicted molar refractivity (Wildman–Crippen MR) is 77.1 cm³/mol. The Bertz CT molecular complexity index is 465. The summed E-state index contributed by atoms with van der Waals surface area (Å²) in [4.78, 5) is 12.2. The topological polar surface area (TPSA) is 49.3 Å². The molecule has 0 spiro atoms. The van der Waals surface area contributed by atoms with E-state index in [-0.39, 0.29) is 28.6 Å². The summed E-state index contributed by atoms with van der Waals surface area (Å²) in [5.41, 5.74) is 0.287. The molecule has 3 nitrogen and oxygen atoms in total. The first-order valence-electron chi connectivity index (χ1n) is 6.51. The van der Waals surface area contributed by atoms with Crippen molar-refractivity contribution >= 4 is 29.1 Å². The summed E-state index contributed by atoms with van der Waals surface area (Å²) in [6.45, 7) is 0. The van der Waals surface area contributed by atoms with Crippen LogP contribution in [0.15, 0.2) is 18.2 Å². The number of hydrogen-bond donors (Lipinski definition) is 2. The molecule has 0 aromatic heterocycles. The summed E-state index contributed by atoms with van der Waals surface area (Å²) in [5.74, 6) is -0.253. The van der Waals surface area contributed by atoms with Crippen molar-refractivity contribution in [2.24, 2.45) is 0 Å². The lowest BCUT2D eigenvalue weighted by Gasteiger charge is -2.21. The number of carbonyl (C=O) groups is 1. The number of carbonyl (C=O) groups excluding carboxylic acids is 1. The molecule has 1 aliphatic rings. The number of halogens is 2. The smallest absolute Gasteiger partial charge is 0.253 e. The molecule has 1 fully saturated rings. The first-order valence-corrected chi connectivity index (χ1v) is 7.33. The molecule has 2 N–H and O–H groups in total. The van der Waals surface area contributed by atoms with Crippen molar-refractivity contribution in [3.05, 3.63) is 28.8 Å². The standard InChI is InChI=1S/C14H17Cl2NO2/c15-11-7-6-9(18)8-10(11)14(19)17-13-5-3-1-2-4-12(13)16/h6-8,12-13,18H,1-5H2,(H,17,19). The van der Waals surface area contributed by atoms with Crippen LogP contribution in [0.4, 0.5) is 0 Å². The summed E-state index contributed by atoms with van der Waals surface area (Å²) in [6.07, 6.45) is 5.13. The molecule has 19 heavy (non-hydrogen) atoms. The van der Waals surface area contributed by atoms with Gasteiger partial charge in [0.25, 0.3) is 5.91 Å². The van der Waals surface area contributed by atoms with Crippen molar-refractivity contribution < 1.29 is 9.90 Å². The largest absolute Gasteiger partial charge is 0.508 e. The first kappa shape index (κ1) is 14.5. The molecule has 2 unspecified atom stereocenters. The fraction of sp³-hybridized carbons (Fsp3) is 0.500. The third-order valence-electron chi connectivity index (χ3n) is 3.44. The van der Waals surface area contributed by atoms with Crippen molar-refractivity contribution in [2.75, 3.05) is 0 Å². The van der Waals surface area contributed by atoms with Gasteiger partial charge in [-0.05, 0) is 31.0 Å². The summed E-state index contributed by atoms with van der Waals surface area (Å²) in [6, 6.07) is 4.30. The monoisotopic (exact) mass is 301 g/mol. The zero-order valence-corrected chi connectivity index (χ0v) is 12.0. The molecule has 1 aliphatic carbocycles. The minimum absolute atomic E-state index is 0.0258. The van der Waals surface area contributed by atoms with Crippen molar-refractivity contribution in [3.63, 3.8) is 0 Å². The number of amides is 1. The molecule has 2 rings (SSSR count). The Kier molecular flexibility index (Phi) is 4.94. The van der Waals surface area contributed by atoms with Crippen LogP contribution in [0.5, 0.6) is 5.75 Å². The highest BCUT2D eigenvalue weighted by Gasteiger charge is 2.24. The number of nitrogens with one attached hydrogen (secondary N) is 1. The zero-order chi connectivity index (χ0) is 13.8. The van der Waals surface area contributed by atoms with E-state index in [1.54, 1.807) is 0 Å². The van der Waals surface area contributed by atoms with Gasteiger partial charge in [0.1, 0.15) is 5.75 Å². The maximum absolute atomic E-state index is 12.2. The van der Waals surface area contributed by atoms with Gasteiger partial charge < -0.3 is 10.4 Å². The fourth-order valence-electron chi connectivity index (χ4n) is 2.36. The van der Waals surface area contributed by atoms with Gasteiger partial charge in [0.15, 0.2) is 0 Å². The molecule has 1 saturated carbocycles. The van der Waals surface area contributed by atoms with Gasteiger partial charge in [-0.15, -0.1) is 11.6 Å². The average molecular weight is 302 g/mol. The normalized spacial score (nSPS) is 23.7. The Morgan fingerprint density at radius 3 is 2.79 bits per heavy atom. The quantitative estimate of drug-likeness (QED) is 0.646. The van der Waals surface area contributed by atoms with E-state index < -0.39 is 0 Å². The van der Waals surface area contributed by atoms with Crippen LogP contribution in [0.3, 0.4) is 0 Å². The predicted octanol–water partition coefficient (Wildman–Crippen LogP) is 3.72. The third-order valence-corrected chi connectivity index (χ3v) is 4.29. The Balaban J connectivity index is 2.09. The van der Waals surface area contributed by atoms with Gasteiger partial charge in [-0.1, -0.05) is 30.9 Å². The van der Waals surface area contributed by atoms with Gasteiger partial charge in [-0.2, -0.15) is 0 Å². The molecule has 1 aromatic rings. The minimum Gasteiger partial charge on any atom is -0.508 e. The molecule has 0 aliphatic heterocycles. The molecular weight excluding hydrogens is 285 g/mol. The Labute approximate surface area is 122 Å². The van der Waals surface area contributed by atoms with E-state index in [0.29, 0.717) is 5.02 Å². The van der Waals surface area contributed by atoms with E-state index in [1.165, 1.54) is 18.2 Å². The summed E-state index contributed by atoms with van der Waals surface area (Å²) in [5, 5.41) is 12.6. The van der Waals surface area contributed by atoms with E-state index in [4.69, 9.17) is 23.2 Å². The number of benzene rings is 1. The van der Waals surface area contributed by atoms with E-state index in [0.717, 1.165) is 32.1 Å². The highest BCUT2D eigenvalue weighted by atomic mass is 35.5. The van der Waals surface area contributed by atoms with Crippen molar-refractivity contribution in [3.8, 4) is 5.75 Å². The Morgan fingerprint density at radius 1 is 1.26 bits per heavy atom. The minimum atomic E-state index is -0.279. The van der Waals surface area contributed by atoms with Gasteiger partial charge >= 0.3 is 0 Å². The number of phenols is 1. The van der Waals surface area contributed by atoms with Gasteiger partial charge in [-0.25, -0.2) is 0 Å². The van der Waals surface area contributed by atoms with E-state index in [2.05, 4.69) is 5.32 Å². The van der Waals surface area contributed by atoms with Gasteiger partial charge in [0, 0.05) is 6.04 Å². The molecule has 2 atom stereocenters. The lowest BCUT2D eigenvalue weighted by atomic mass is 10.1. The molecule has 0 radical (unpaired) electrons. The van der Waals surface area contributed by atoms with Crippen molar-refractivity contribution in [1.82, 2.24) is 5.32 Å². The van der Waals surface area contributed by atoms with Crippen molar-refractivity contribution in [1.29, 1.82) is 0 Å². The van der Waals surface area contributed by atoms with Crippen molar-refractivity contribution in [2.45, 2.75) is 43.5 Å². The van der Waals surface area contributed by atoms with Crippen LogP contribution in [-0.4, -0.2) is 22.4 Å². The first-order chi connectivity index (χ1) is 9.08. The summed E-state index contributed by atoms with van der Waals surface area (Å²) in [7, 11) is 0. The van der Waals surface area contributed by atoms with Crippen LogP contribution in [0.25, 0.3) is 0 Å². The number of rotatable bonds is 2. The maximum atomic E-state index is 12.2. The van der Waals surface area contributed by atoms with Crippen LogP contribution < -0.4 is 5.32 Å². The molecule has 5 heteroatoms. The molecule has 0 bridgehead atoms. The van der Waals surface area contributed by atoms with Crippen LogP contribution in [0, 0.1) is 0 Å². The second-order valence-corrected chi connectivity index (χ2v) is 5.87. The lowest BCUT2D eigenvalue weighted by Crippen LogP contribution is -2.40. The zero-order valence-electron chi connectivity index (χ0n) is 10.5. The van der Waals surface area contributed by atoms with Crippen LogP contribution in [-0.2, 0) is 0 Å². The molecule has 0 heterocycles. The SMILES string of the molecule is O=C(NC1CCCCCC1Cl)c1cc(O)ccc1Cl. The molecule has 1 amide bonds. The summed E-state index contributed by atoms with van der Waals surface area (Å²) < 4.78 is 0. The fourth-order valence-corrected chi connectivity index (χ4v) is 2.91. The molecule has 0 saturated heterocycles. The highest BCUT2D eigenvalue weighted by molar-refractivity contribution is 6.34. The number of aromatic hydroxyl groups is 1. The number of alkyl halides is 1. The van der Waals surface area contributed by atoms with Crippen LogP contribution in [0.2, 0.25) is 5.02 Å². The lowest BCUT2D eigenvalue weighted by molar-refractivity contribution is 0.0934. The second kappa shape index (κ2) is 6.49. The molecular formula is C14H17Cl2NO2. The molecule has 104 valence electrons. The summed E-state index contributed by atoms with van der Waals surface area (Å²) >= 11 is 12.3. The van der Waals surface area contributed by atoms with Crippen LogP contribution in [0.1, 0.15) is 42.5 Å². The van der Waals surface area contributed by atoms with Crippen LogP contribution >= 0.6 is 23.2 Å². The van der Waals surface area contributed by atoms with E-state index in [9.17, 15) is 9.90 Å². The third kappa shape index (κ3) is 3.77. The van der Waals surface area contributed by atoms with E-state index >= 15 is 0 Å². The van der Waals surface area contributed by atoms with Gasteiger partial charge in [-0.3, -0.25) is 4.79 Å². The van der Waals surface area contributed by atoms with Gasteiger partial charge in [0.2, 0.25) is 0 Å². The Morgan fingerprint density at radius 2 is 2.00 bits per heavy atom. The Hall–Kier alpha value is -0.930. The second-order valence-electron chi connectivity index (χ2n) is 4.90. The number of phenolic OH excluding ortho intramolecular Hbond substituents is 1. The average Bonchev–Trinajstić information content (AvgIpc) is 2.58. The van der Waals surface area contributed by atoms with E-state index in [1.807, 2.05) is 0 Å². The highest BCUT2D eigenvalue weighted by Crippen LogP contribution is 2.24. The maximum Gasteiger partial charge on any atom is 0.253 e. The number of hydrogen-bond acceptors (Lipinski definition) is 2.